The number of pyridine rings is 1. The number of hydrogen-bond donors (Lipinski definition) is 0. The summed E-state index contributed by atoms with van der Waals surface area (Å²) in [5.74, 6) is -0.373. The zero-order valence-corrected chi connectivity index (χ0v) is 8.21. The Bertz CT molecular complexity index is 389. The molecule has 0 fully saturated rings. The normalized spacial score (nSPS) is 19.3. The molecule has 5 heteroatoms. The van der Waals surface area contributed by atoms with Crippen LogP contribution in [0.15, 0.2) is 29.7 Å². The Morgan fingerprint density at radius 3 is 3.20 bits per heavy atom. The molecule has 0 bridgehead atoms. The third-order valence-electron chi connectivity index (χ3n) is 1.93. The molecule has 2 rings (SSSR count). The van der Waals surface area contributed by atoms with Gasteiger partial charge in [0.15, 0.2) is 0 Å². The first kappa shape index (κ1) is 9.64. The number of rotatable bonds is 2. The molecule has 0 amide bonds. The van der Waals surface area contributed by atoms with E-state index in [0.717, 1.165) is 11.3 Å². The van der Waals surface area contributed by atoms with Crippen molar-refractivity contribution >= 4 is 11.7 Å². The van der Waals surface area contributed by atoms with Crippen molar-refractivity contribution in [2.45, 2.75) is 19.6 Å². The van der Waals surface area contributed by atoms with Crippen LogP contribution in [0.3, 0.4) is 0 Å². The highest BCUT2D eigenvalue weighted by molar-refractivity contribution is 6.00. The van der Waals surface area contributed by atoms with Crippen molar-refractivity contribution in [1.29, 1.82) is 0 Å². The van der Waals surface area contributed by atoms with E-state index in [4.69, 9.17) is 9.57 Å². The number of ether oxygens (including phenoxy) is 1. The molecular formula is C10H10N2O3. The van der Waals surface area contributed by atoms with E-state index in [9.17, 15) is 4.79 Å². The van der Waals surface area contributed by atoms with Crippen molar-refractivity contribution in [3.8, 4) is 0 Å². The average molecular weight is 206 g/mol. The Hall–Kier alpha value is -1.91. The van der Waals surface area contributed by atoms with Crippen molar-refractivity contribution in [3.63, 3.8) is 0 Å². The molecule has 0 radical (unpaired) electrons. The first-order valence-corrected chi connectivity index (χ1v) is 4.56. The molecule has 0 saturated carbocycles. The third-order valence-corrected chi connectivity index (χ3v) is 1.93. The van der Waals surface area contributed by atoms with Crippen molar-refractivity contribution in [2.75, 3.05) is 0 Å². The molecule has 1 atom stereocenters. The molecular weight excluding hydrogens is 196 g/mol. The van der Waals surface area contributed by atoms with E-state index in [1.165, 1.54) is 6.92 Å². The van der Waals surface area contributed by atoms with Gasteiger partial charge in [-0.25, -0.2) is 0 Å². The van der Waals surface area contributed by atoms with Crippen LogP contribution in [0.1, 0.15) is 18.9 Å². The van der Waals surface area contributed by atoms with E-state index in [1.807, 2.05) is 12.1 Å². The summed E-state index contributed by atoms with van der Waals surface area (Å²) in [4.78, 5) is 19.6. The van der Waals surface area contributed by atoms with Gasteiger partial charge >= 0.3 is 5.97 Å². The number of esters is 1. The van der Waals surface area contributed by atoms with E-state index >= 15 is 0 Å². The van der Waals surface area contributed by atoms with Gasteiger partial charge in [-0.2, -0.15) is 0 Å². The lowest BCUT2D eigenvalue weighted by Crippen LogP contribution is -2.16. The summed E-state index contributed by atoms with van der Waals surface area (Å²) < 4.78 is 4.87. The molecule has 0 N–H and O–H groups in total. The number of oxime groups is 1. The van der Waals surface area contributed by atoms with Gasteiger partial charge in [-0.3, -0.25) is 9.78 Å². The van der Waals surface area contributed by atoms with Gasteiger partial charge in [-0.05, 0) is 12.1 Å². The lowest BCUT2D eigenvalue weighted by Gasteiger charge is -2.06. The minimum absolute atomic E-state index is 0.373. The van der Waals surface area contributed by atoms with Gasteiger partial charge < -0.3 is 9.57 Å². The fourth-order valence-corrected chi connectivity index (χ4v) is 1.31. The smallest absolute Gasteiger partial charge is 0.305 e. The average Bonchev–Trinajstić information content (AvgIpc) is 2.67. The summed E-state index contributed by atoms with van der Waals surface area (Å²) in [5.41, 5.74) is 1.63. The molecule has 0 spiro atoms. The van der Waals surface area contributed by atoms with E-state index < -0.39 is 6.29 Å². The Morgan fingerprint density at radius 1 is 1.67 bits per heavy atom. The Labute approximate surface area is 86.7 Å². The van der Waals surface area contributed by atoms with Crippen molar-refractivity contribution in [3.05, 3.63) is 30.1 Å². The van der Waals surface area contributed by atoms with Gasteiger partial charge in [0.2, 0.25) is 0 Å². The van der Waals surface area contributed by atoms with Crippen LogP contribution in [0.25, 0.3) is 0 Å². The lowest BCUT2D eigenvalue weighted by atomic mass is 10.1. The summed E-state index contributed by atoms with van der Waals surface area (Å²) in [5, 5.41) is 3.84. The second-order valence-electron chi connectivity index (χ2n) is 3.13. The largest absolute Gasteiger partial charge is 0.423 e. The highest BCUT2D eigenvalue weighted by atomic mass is 16.8. The quantitative estimate of drug-likeness (QED) is 0.680. The number of carbonyl (C=O) groups excluding carboxylic acids is 1. The van der Waals surface area contributed by atoms with Crippen LogP contribution in [0, 0.1) is 0 Å². The van der Waals surface area contributed by atoms with Crippen LogP contribution in [0.2, 0.25) is 0 Å². The first-order chi connectivity index (χ1) is 7.25. The fourth-order valence-electron chi connectivity index (χ4n) is 1.31. The molecule has 0 aromatic carbocycles. The molecule has 1 aliphatic heterocycles. The highest BCUT2D eigenvalue weighted by Gasteiger charge is 2.24. The van der Waals surface area contributed by atoms with Gasteiger partial charge in [0, 0.05) is 24.9 Å². The van der Waals surface area contributed by atoms with Gasteiger partial charge in [-0.15, -0.1) is 0 Å². The van der Waals surface area contributed by atoms with Crippen LogP contribution in [0.4, 0.5) is 0 Å². The third kappa shape index (κ3) is 2.31. The first-order valence-electron chi connectivity index (χ1n) is 4.56. The van der Waals surface area contributed by atoms with Gasteiger partial charge in [-0.1, -0.05) is 5.16 Å². The molecule has 1 aromatic rings. The predicted molar refractivity (Wildman–Crippen MR) is 52.0 cm³/mol. The Balaban J connectivity index is 2.01. The minimum atomic E-state index is -0.599. The van der Waals surface area contributed by atoms with E-state index in [0.29, 0.717) is 6.42 Å². The fraction of sp³-hybridized carbons (Fsp3) is 0.300. The number of carbonyl (C=O) groups is 1. The van der Waals surface area contributed by atoms with Gasteiger partial charge in [0.05, 0.1) is 12.1 Å². The molecule has 1 aromatic heterocycles. The molecule has 78 valence electrons. The SMILES string of the molecule is CC(=O)OC1CC(c2cccnc2)=NO1. The molecule has 0 aliphatic carbocycles. The Morgan fingerprint density at radius 2 is 2.53 bits per heavy atom. The van der Waals surface area contributed by atoms with Gasteiger partial charge in [0.1, 0.15) is 0 Å². The minimum Gasteiger partial charge on any atom is -0.423 e. The van der Waals surface area contributed by atoms with Crippen LogP contribution in [-0.4, -0.2) is 23.0 Å². The predicted octanol–water partition coefficient (Wildman–Crippen LogP) is 1.10. The van der Waals surface area contributed by atoms with Crippen LogP contribution >= 0.6 is 0 Å². The van der Waals surface area contributed by atoms with E-state index in [2.05, 4.69) is 10.1 Å². The summed E-state index contributed by atoms with van der Waals surface area (Å²) in [6.07, 6.45) is 3.24. The number of nitrogens with zero attached hydrogens (tertiary/aromatic N) is 2. The van der Waals surface area contributed by atoms with Crippen molar-refractivity contribution in [2.24, 2.45) is 5.16 Å². The second kappa shape index (κ2) is 4.08. The molecule has 5 nitrogen and oxygen atoms in total. The molecule has 2 heterocycles. The monoisotopic (exact) mass is 206 g/mol. The van der Waals surface area contributed by atoms with Crippen molar-refractivity contribution < 1.29 is 14.4 Å². The zero-order chi connectivity index (χ0) is 10.7. The molecule has 0 saturated heterocycles. The number of hydrogen-bond acceptors (Lipinski definition) is 5. The lowest BCUT2D eigenvalue weighted by molar-refractivity contribution is -0.170. The summed E-state index contributed by atoms with van der Waals surface area (Å²) in [6.45, 7) is 1.34. The van der Waals surface area contributed by atoms with Gasteiger partial charge in [0.25, 0.3) is 6.29 Å². The summed E-state index contributed by atoms with van der Waals surface area (Å²) in [7, 11) is 0. The maximum atomic E-state index is 10.7. The van der Waals surface area contributed by atoms with Crippen LogP contribution in [0.5, 0.6) is 0 Å². The topological polar surface area (TPSA) is 60.8 Å². The second-order valence-corrected chi connectivity index (χ2v) is 3.13. The van der Waals surface area contributed by atoms with Crippen molar-refractivity contribution in [1.82, 2.24) is 4.98 Å². The highest BCUT2D eigenvalue weighted by Crippen LogP contribution is 2.16. The zero-order valence-electron chi connectivity index (χ0n) is 8.21. The Kier molecular flexibility index (Phi) is 2.62. The summed E-state index contributed by atoms with van der Waals surface area (Å²) >= 11 is 0. The van der Waals surface area contributed by atoms with Crippen LogP contribution < -0.4 is 0 Å². The standard InChI is InChI=1S/C10H10N2O3/c1-7(13)14-10-5-9(12-15-10)8-3-2-4-11-6-8/h2-4,6,10H,5H2,1H3. The molecule has 1 aliphatic rings. The number of aromatic nitrogens is 1. The van der Waals surface area contributed by atoms with Crippen LogP contribution in [-0.2, 0) is 14.4 Å². The molecule has 1 unspecified atom stereocenters. The summed E-state index contributed by atoms with van der Waals surface area (Å²) in [6, 6.07) is 3.70. The molecule has 15 heavy (non-hydrogen) atoms. The maximum absolute atomic E-state index is 10.7. The van der Waals surface area contributed by atoms with E-state index in [-0.39, 0.29) is 5.97 Å². The van der Waals surface area contributed by atoms with E-state index in [1.54, 1.807) is 12.4 Å². The maximum Gasteiger partial charge on any atom is 0.305 e.